The van der Waals surface area contributed by atoms with Crippen molar-refractivity contribution < 1.29 is 41.9 Å². The van der Waals surface area contributed by atoms with Crippen LogP contribution in [0.1, 0.15) is 6.42 Å². The summed E-state index contributed by atoms with van der Waals surface area (Å²) in [4.78, 5) is 2.77. The van der Waals surface area contributed by atoms with Gasteiger partial charge in [0.15, 0.2) is 0 Å². The van der Waals surface area contributed by atoms with E-state index in [4.69, 9.17) is 0 Å². The fourth-order valence-electron chi connectivity index (χ4n) is 1.83. The molecule has 95 valence electrons. The van der Waals surface area contributed by atoms with Crippen molar-refractivity contribution in [1.82, 2.24) is 0 Å². The van der Waals surface area contributed by atoms with E-state index in [0.717, 1.165) is 6.42 Å². The van der Waals surface area contributed by atoms with E-state index in [1.165, 1.54) is 15.5 Å². The van der Waals surface area contributed by atoms with Gasteiger partial charge >= 0.3 is 17.1 Å². The van der Waals surface area contributed by atoms with Gasteiger partial charge in [-0.25, -0.2) is 0 Å². The van der Waals surface area contributed by atoms with E-state index >= 15 is 0 Å². The summed E-state index contributed by atoms with van der Waals surface area (Å²) in [6.07, 6.45) is 7.68. The van der Waals surface area contributed by atoms with Gasteiger partial charge in [-0.3, -0.25) is 0 Å². The Balaban J connectivity index is 0.000000853. The Morgan fingerprint density at radius 3 is 2.76 bits per heavy atom. The minimum Gasteiger partial charge on any atom is -1.00 e. The molecule has 3 rings (SSSR count). The summed E-state index contributed by atoms with van der Waals surface area (Å²) < 4.78 is 0. The molecule has 0 saturated heterocycles. The van der Waals surface area contributed by atoms with Crippen LogP contribution < -0.4 is 30.1 Å². The van der Waals surface area contributed by atoms with Crippen molar-refractivity contribution in [2.45, 2.75) is 17.4 Å². The monoisotopic (exact) mass is 334 g/mol. The van der Waals surface area contributed by atoms with E-state index in [2.05, 4.69) is 47.8 Å². The molecule has 0 bridgehead atoms. The van der Waals surface area contributed by atoms with Crippen molar-refractivity contribution >= 4 is 17.4 Å². The number of allylic oxidation sites excluding steroid dienone is 2. The van der Waals surface area contributed by atoms with Crippen molar-refractivity contribution in [3.8, 4) is 0 Å². The summed E-state index contributed by atoms with van der Waals surface area (Å²) in [5, 5.41) is 3.56. The maximum atomic E-state index is 3.56. The quantitative estimate of drug-likeness (QED) is 0.523. The van der Waals surface area contributed by atoms with Crippen LogP contribution in [0.25, 0.3) is 0 Å². The van der Waals surface area contributed by atoms with Crippen LogP contribution in [0, 0.1) is 0 Å². The zero-order valence-electron chi connectivity index (χ0n) is 8.79. The van der Waals surface area contributed by atoms with Gasteiger partial charge < -0.3 is 30.1 Å². The van der Waals surface area contributed by atoms with E-state index in [1.54, 1.807) is 0 Å². The average Bonchev–Trinajstić information content (AvgIpc) is 2.26. The van der Waals surface area contributed by atoms with Gasteiger partial charge in [-0.05, 0) is 18.6 Å². The summed E-state index contributed by atoms with van der Waals surface area (Å²) >= 11 is 1.89. The maximum Gasteiger partial charge on any atom is 2.00 e. The third kappa shape index (κ3) is 3.46. The molecule has 1 unspecified atom stereocenters. The molecule has 1 N–H and O–H groups in total. The summed E-state index contributed by atoms with van der Waals surface area (Å²) in [7, 11) is 0. The number of hydrogen-bond donors (Lipinski definition) is 1. The van der Waals surface area contributed by atoms with Crippen molar-refractivity contribution in [3.63, 3.8) is 0 Å². The number of halogens is 2. The van der Waals surface area contributed by atoms with Crippen molar-refractivity contribution in [2.24, 2.45) is 0 Å². The predicted octanol–water partition coefficient (Wildman–Crippen LogP) is -2.58. The molecule has 1 atom stereocenters. The molecule has 0 saturated carbocycles. The van der Waals surface area contributed by atoms with Crippen molar-refractivity contribution in [3.05, 3.63) is 47.4 Å². The van der Waals surface area contributed by atoms with Gasteiger partial charge in [-0.1, -0.05) is 42.1 Å². The minimum atomic E-state index is 0. The van der Waals surface area contributed by atoms with Gasteiger partial charge in [0, 0.05) is 15.5 Å². The number of rotatable bonds is 0. The fraction of sp³-hybridized carbons (Fsp3) is 0.167. The molecule has 0 spiro atoms. The van der Waals surface area contributed by atoms with Gasteiger partial charge in [0.25, 0.3) is 0 Å². The number of benzene rings is 1. The Kier molecular flexibility index (Phi) is 7.38. The molecule has 5 heteroatoms. The molecule has 0 aromatic heterocycles. The van der Waals surface area contributed by atoms with Gasteiger partial charge in [-0.15, -0.1) is 0 Å². The molecule has 17 heavy (non-hydrogen) atoms. The van der Waals surface area contributed by atoms with Crippen LogP contribution >= 0.6 is 11.8 Å². The maximum absolute atomic E-state index is 3.56. The second-order valence-electron chi connectivity index (χ2n) is 3.53. The van der Waals surface area contributed by atoms with Crippen LogP contribution in [0.3, 0.4) is 0 Å². The van der Waals surface area contributed by atoms with Crippen LogP contribution in [0.4, 0.5) is 5.69 Å². The molecular formula is C12H11Cl2CuNS. The first kappa shape index (κ1) is 16.9. The largest absolute Gasteiger partial charge is 2.00 e. The molecule has 1 radical (unpaired) electrons. The van der Waals surface area contributed by atoms with Crippen molar-refractivity contribution in [2.75, 3.05) is 5.32 Å². The van der Waals surface area contributed by atoms with E-state index in [0.29, 0.717) is 6.04 Å². The molecule has 1 aliphatic carbocycles. The zero-order valence-corrected chi connectivity index (χ0v) is 12.1. The molecule has 1 nitrogen and oxygen atoms in total. The van der Waals surface area contributed by atoms with Crippen LogP contribution in [0.15, 0.2) is 52.3 Å². The van der Waals surface area contributed by atoms with Gasteiger partial charge in [0.05, 0.1) is 6.04 Å². The Labute approximate surface area is 129 Å². The second kappa shape index (κ2) is 7.40. The number of fused-ring (bicyclic) bond motifs is 2. The SMILES string of the molecule is C1=CCC2Nc3ccccc3SC2=C1.[Cl-].[Cl-].[Cu+2]. The average molecular weight is 336 g/mol. The Hall–Kier alpha value is -0.0505. The van der Waals surface area contributed by atoms with E-state index in [1.807, 2.05) is 11.8 Å². The van der Waals surface area contributed by atoms with Gasteiger partial charge in [-0.2, -0.15) is 0 Å². The first-order chi connectivity index (χ1) is 6.93. The smallest absolute Gasteiger partial charge is 1.00 e. The van der Waals surface area contributed by atoms with E-state index in [-0.39, 0.29) is 41.9 Å². The fourth-order valence-corrected chi connectivity index (χ4v) is 2.92. The molecule has 0 fully saturated rings. The molecule has 0 amide bonds. The summed E-state index contributed by atoms with van der Waals surface area (Å²) in [5.74, 6) is 0. The minimum absolute atomic E-state index is 0. The number of nitrogens with one attached hydrogen (secondary N) is 1. The number of para-hydroxylation sites is 1. The Morgan fingerprint density at radius 1 is 1.18 bits per heavy atom. The van der Waals surface area contributed by atoms with Gasteiger partial charge in [0.1, 0.15) is 0 Å². The Morgan fingerprint density at radius 2 is 1.94 bits per heavy atom. The molecule has 1 aromatic carbocycles. The summed E-state index contributed by atoms with van der Waals surface area (Å²) in [6.45, 7) is 0. The van der Waals surface area contributed by atoms with Crippen LogP contribution in [0.5, 0.6) is 0 Å². The molecule has 2 aliphatic rings. The topological polar surface area (TPSA) is 12.0 Å². The normalized spacial score (nSPS) is 19.1. The third-order valence-corrected chi connectivity index (χ3v) is 3.79. The molecule has 1 aromatic rings. The summed E-state index contributed by atoms with van der Waals surface area (Å²) in [6, 6.07) is 8.99. The second-order valence-corrected chi connectivity index (χ2v) is 4.64. The first-order valence-corrected chi connectivity index (χ1v) is 5.65. The molecular weight excluding hydrogens is 325 g/mol. The van der Waals surface area contributed by atoms with Crippen LogP contribution in [-0.4, -0.2) is 6.04 Å². The standard InChI is InChI=1S/C12H11NS.2ClH.Cu/c1-3-7-11-9(5-1)13-10-6-2-4-8-12(10)14-11;;;/h1-5,7-8,10,13H,6H2;2*1H;/q;;;+2/p-2. The van der Waals surface area contributed by atoms with E-state index in [9.17, 15) is 0 Å². The number of thioether (sulfide) groups is 1. The molecule has 1 heterocycles. The van der Waals surface area contributed by atoms with Gasteiger partial charge in [0.2, 0.25) is 0 Å². The van der Waals surface area contributed by atoms with Crippen molar-refractivity contribution in [1.29, 1.82) is 0 Å². The number of hydrogen-bond acceptors (Lipinski definition) is 2. The summed E-state index contributed by atoms with van der Waals surface area (Å²) in [5.41, 5.74) is 1.27. The van der Waals surface area contributed by atoms with Crippen LogP contribution in [0.2, 0.25) is 0 Å². The Bertz CT molecular complexity index is 434. The predicted molar refractivity (Wildman–Crippen MR) is 61.5 cm³/mol. The first-order valence-electron chi connectivity index (χ1n) is 4.83. The van der Waals surface area contributed by atoms with E-state index < -0.39 is 0 Å². The van der Waals surface area contributed by atoms with Crippen LogP contribution in [-0.2, 0) is 17.1 Å². The third-order valence-electron chi connectivity index (χ3n) is 2.56. The molecule has 1 aliphatic heterocycles. The number of anilines is 1. The zero-order chi connectivity index (χ0) is 9.38.